The van der Waals surface area contributed by atoms with Gasteiger partial charge in [-0.3, -0.25) is 19.0 Å². The van der Waals surface area contributed by atoms with Crippen molar-refractivity contribution >= 4 is 21.9 Å². The first kappa shape index (κ1) is 27.8. The molecule has 2 aliphatic rings. The van der Waals surface area contributed by atoms with Crippen LogP contribution in [-0.2, 0) is 11.3 Å². The number of rotatable bonds is 7. The number of ether oxygens (including phenoxy) is 1. The molecule has 0 aliphatic carbocycles. The van der Waals surface area contributed by atoms with Gasteiger partial charge in [0.15, 0.2) is 0 Å². The summed E-state index contributed by atoms with van der Waals surface area (Å²) in [5.74, 6) is -1.29. The molecule has 13 heteroatoms. The Kier molecular flexibility index (Phi) is 6.79. The van der Waals surface area contributed by atoms with Crippen LogP contribution in [0.15, 0.2) is 70.1 Å². The zero-order chi connectivity index (χ0) is 30.7. The Morgan fingerprint density at radius 3 is 2.67 bits per heavy atom. The highest BCUT2D eigenvalue weighted by molar-refractivity contribution is 5.97. The van der Waals surface area contributed by atoms with E-state index < -0.39 is 18.1 Å². The van der Waals surface area contributed by atoms with Gasteiger partial charge in [0.05, 0.1) is 54.1 Å². The first-order chi connectivity index (χ1) is 21.9. The maximum Gasteiger partial charge on any atom is 0.329 e. The highest BCUT2D eigenvalue weighted by atomic mass is 19.3. The van der Waals surface area contributed by atoms with E-state index in [1.54, 1.807) is 22.8 Å². The SMILES string of the molecule is O=c1n(Cc2ccc(-c3nnc(C(F)F)o3)cn2)c2cc(F)c(-c3cccc4[nH]ccc34)cc2n1C1CCCN(C2COC2)C1. The van der Waals surface area contributed by atoms with Crippen molar-refractivity contribution in [1.82, 2.24) is 34.2 Å². The maximum atomic E-state index is 16.0. The molecule has 6 aromatic rings. The van der Waals surface area contributed by atoms with E-state index in [0.717, 1.165) is 35.9 Å². The van der Waals surface area contributed by atoms with Crippen LogP contribution in [0.25, 0.3) is 44.5 Å². The molecule has 0 saturated carbocycles. The van der Waals surface area contributed by atoms with Crippen LogP contribution in [0.4, 0.5) is 13.2 Å². The smallest absolute Gasteiger partial charge is 0.329 e. The van der Waals surface area contributed by atoms with Crippen LogP contribution >= 0.6 is 0 Å². The minimum absolute atomic E-state index is 0.0772. The van der Waals surface area contributed by atoms with Gasteiger partial charge in [0.2, 0.25) is 5.89 Å². The molecular weight excluding hydrogens is 587 g/mol. The fourth-order valence-corrected chi connectivity index (χ4v) is 6.53. The highest BCUT2D eigenvalue weighted by Crippen LogP contribution is 2.35. The summed E-state index contributed by atoms with van der Waals surface area (Å²) in [6.45, 7) is 3.10. The molecule has 2 aliphatic heterocycles. The van der Waals surface area contributed by atoms with Crippen molar-refractivity contribution in [2.24, 2.45) is 0 Å². The fourth-order valence-electron chi connectivity index (χ4n) is 6.53. The number of halogens is 3. The normalized spacial score (nSPS) is 17.9. The lowest BCUT2D eigenvalue weighted by Gasteiger charge is -2.42. The van der Waals surface area contributed by atoms with Gasteiger partial charge in [-0.1, -0.05) is 12.1 Å². The molecule has 1 N–H and O–H groups in total. The van der Waals surface area contributed by atoms with Crippen LogP contribution in [0.5, 0.6) is 0 Å². The zero-order valence-electron chi connectivity index (χ0n) is 24.0. The summed E-state index contributed by atoms with van der Waals surface area (Å²) >= 11 is 0. The summed E-state index contributed by atoms with van der Waals surface area (Å²) in [6, 6.07) is 14.4. The third kappa shape index (κ3) is 4.82. The number of hydrogen-bond donors (Lipinski definition) is 1. The predicted molar refractivity (Wildman–Crippen MR) is 159 cm³/mol. The average Bonchev–Trinajstić information content (AvgIpc) is 3.76. The second-order valence-electron chi connectivity index (χ2n) is 11.6. The molecule has 0 spiro atoms. The molecular formula is C32H28F3N7O3. The highest BCUT2D eigenvalue weighted by Gasteiger charge is 2.33. The van der Waals surface area contributed by atoms with Crippen molar-refractivity contribution in [3.63, 3.8) is 0 Å². The minimum atomic E-state index is -2.88. The van der Waals surface area contributed by atoms with Gasteiger partial charge in [0.1, 0.15) is 5.82 Å². The van der Waals surface area contributed by atoms with Crippen molar-refractivity contribution in [2.45, 2.75) is 37.9 Å². The molecule has 10 nitrogen and oxygen atoms in total. The number of benzene rings is 2. The summed E-state index contributed by atoms with van der Waals surface area (Å²) < 4.78 is 55.7. The number of pyridine rings is 1. The molecule has 2 saturated heterocycles. The third-order valence-electron chi connectivity index (χ3n) is 8.89. The topological polar surface area (TPSA) is 107 Å². The van der Waals surface area contributed by atoms with E-state index >= 15 is 4.39 Å². The van der Waals surface area contributed by atoms with Gasteiger partial charge in [0, 0.05) is 41.5 Å². The zero-order valence-corrected chi connectivity index (χ0v) is 24.0. The van der Waals surface area contributed by atoms with Crippen molar-refractivity contribution in [3.8, 4) is 22.6 Å². The Morgan fingerprint density at radius 1 is 1.02 bits per heavy atom. The van der Waals surface area contributed by atoms with Gasteiger partial charge in [-0.05, 0) is 55.3 Å². The number of nitrogens with zero attached hydrogens (tertiary/aromatic N) is 6. The Hall–Kier alpha value is -4.75. The number of nitrogens with one attached hydrogen (secondary N) is 1. The van der Waals surface area contributed by atoms with E-state index in [4.69, 9.17) is 9.15 Å². The van der Waals surface area contributed by atoms with Gasteiger partial charge in [-0.15, -0.1) is 10.2 Å². The number of alkyl halides is 2. The van der Waals surface area contributed by atoms with Crippen molar-refractivity contribution in [3.05, 3.63) is 88.8 Å². The van der Waals surface area contributed by atoms with E-state index in [0.29, 0.717) is 53.7 Å². The molecule has 6 heterocycles. The van der Waals surface area contributed by atoms with Crippen molar-refractivity contribution in [2.75, 3.05) is 26.3 Å². The molecule has 1 unspecified atom stereocenters. The summed E-state index contributed by atoms with van der Waals surface area (Å²) in [7, 11) is 0. The van der Waals surface area contributed by atoms with E-state index in [2.05, 4.69) is 25.1 Å². The molecule has 230 valence electrons. The van der Waals surface area contributed by atoms with Crippen LogP contribution in [-0.4, -0.2) is 66.5 Å². The lowest BCUT2D eigenvalue weighted by molar-refractivity contribution is -0.0751. The molecule has 45 heavy (non-hydrogen) atoms. The lowest BCUT2D eigenvalue weighted by Crippen LogP contribution is -2.53. The molecule has 8 rings (SSSR count). The number of likely N-dealkylation sites (tertiary alicyclic amines) is 1. The number of piperidine rings is 1. The Labute approximate surface area is 254 Å². The number of aromatic nitrogens is 6. The molecule has 2 fully saturated rings. The maximum absolute atomic E-state index is 16.0. The molecule has 2 aromatic carbocycles. The van der Waals surface area contributed by atoms with Gasteiger partial charge in [-0.2, -0.15) is 8.78 Å². The van der Waals surface area contributed by atoms with Gasteiger partial charge >= 0.3 is 12.1 Å². The van der Waals surface area contributed by atoms with Gasteiger partial charge in [0.25, 0.3) is 5.89 Å². The number of fused-ring (bicyclic) bond motifs is 2. The van der Waals surface area contributed by atoms with Crippen LogP contribution in [0.3, 0.4) is 0 Å². The first-order valence-electron chi connectivity index (χ1n) is 14.8. The van der Waals surface area contributed by atoms with E-state index in [9.17, 15) is 13.6 Å². The molecule has 0 amide bonds. The quantitative estimate of drug-likeness (QED) is 0.251. The summed E-state index contributed by atoms with van der Waals surface area (Å²) in [5, 5.41) is 7.92. The summed E-state index contributed by atoms with van der Waals surface area (Å²) in [6.07, 6.45) is 2.13. The van der Waals surface area contributed by atoms with E-state index in [1.165, 1.54) is 12.3 Å². The molecule has 0 radical (unpaired) electrons. The first-order valence-corrected chi connectivity index (χ1v) is 14.8. The fraction of sp³-hybridized carbons (Fsp3) is 0.312. The third-order valence-corrected chi connectivity index (χ3v) is 8.89. The molecule has 4 aromatic heterocycles. The van der Waals surface area contributed by atoms with Crippen LogP contribution in [0.1, 0.15) is 36.9 Å². The number of H-pyrrole nitrogens is 1. The molecule has 0 bridgehead atoms. The standard InChI is InChI=1S/C32H28F3N7O3/c33-25-12-27-28(11-24(25)22-4-1-5-26-23(22)8-9-36-26)42(20-3-2-10-40(15-20)21-16-44-17-21)32(43)41(27)14-19-7-6-18(13-37-19)30-38-39-31(45-30)29(34)35/h1,4-9,11-13,20-21,29,36H,2-3,10,14-17H2. The lowest BCUT2D eigenvalue weighted by atomic mass is 9.99. The second kappa shape index (κ2) is 11.0. The monoisotopic (exact) mass is 615 g/mol. The minimum Gasteiger partial charge on any atom is -0.415 e. The predicted octanol–water partition coefficient (Wildman–Crippen LogP) is 5.56. The van der Waals surface area contributed by atoms with Crippen LogP contribution < -0.4 is 5.69 Å². The van der Waals surface area contributed by atoms with Crippen molar-refractivity contribution in [1.29, 1.82) is 0 Å². The second-order valence-corrected chi connectivity index (χ2v) is 11.6. The van der Waals surface area contributed by atoms with E-state index in [-0.39, 0.29) is 24.2 Å². The summed E-state index contributed by atoms with van der Waals surface area (Å²) in [5.41, 5.74) is 3.82. The Balaban J connectivity index is 1.22. The largest absolute Gasteiger partial charge is 0.415 e. The summed E-state index contributed by atoms with van der Waals surface area (Å²) in [4.78, 5) is 24.3. The number of hydrogen-bond acceptors (Lipinski definition) is 7. The van der Waals surface area contributed by atoms with Gasteiger partial charge < -0.3 is 14.1 Å². The number of aromatic amines is 1. The molecule has 1 atom stereocenters. The Bertz CT molecular complexity index is 2080. The van der Waals surface area contributed by atoms with Gasteiger partial charge in [-0.25, -0.2) is 9.18 Å². The Morgan fingerprint density at radius 2 is 1.91 bits per heavy atom. The van der Waals surface area contributed by atoms with E-state index in [1.807, 2.05) is 35.0 Å². The van der Waals surface area contributed by atoms with Crippen LogP contribution in [0.2, 0.25) is 0 Å². The average molecular weight is 616 g/mol. The van der Waals surface area contributed by atoms with Crippen LogP contribution in [0, 0.1) is 5.82 Å². The van der Waals surface area contributed by atoms with Crippen molar-refractivity contribution < 1.29 is 22.3 Å². The number of imidazole rings is 1.